The van der Waals surface area contributed by atoms with E-state index in [9.17, 15) is 19.2 Å². The smallest absolute Gasteiger partial charge is 0.343 e. The summed E-state index contributed by atoms with van der Waals surface area (Å²) < 4.78 is 5.73. The molecular weight excluding hydrogens is 484 g/mol. The van der Waals surface area contributed by atoms with Crippen LogP contribution in [0.5, 0.6) is 5.75 Å². The van der Waals surface area contributed by atoms with Crippen molar-refractivity contribution in [1.29, 1.82) is 0 Å². The first-order chi connectivity index (χ1) is 18.5. The second-order valence-electron chi connectivity index (χ2n) is 10.2. The first-order valence-corrected chi connectivity index (χ1v) is 13.5. The van der Waals surface area contributed by atoms with Crippen LogP contribution in [-0.2, 0) is 22.7 Å². The number of benzene rings is 2. The average molecular weight is 519 g/mol. The molecule has 3 amide bonds. The Bertz CT molecular complexity index is 1210. The minimum Gasteiger partial charge on any atom is -0.423 e. The highest BCUT2D eigenvalue weighted by Gasteiger charge is 2.35. The summed E-state index contributed by atoms with van der Waals surface area (Å²) in [5, 5.41) is 5.36. The summed E-state index contributed by atoms with van der Waals surface area (Å²) in [5.74, 6) is -0.727. The third kappa shape index (κ3) is 6.11. The van der Waals surface area contributed by atoms with Crippen LogP contribution in [0, 0.1) is 0 Å². The van der Waals surface area contributed by atoms with Crippen molar-refractivity contribution < 1.29 is 23.9 Å². The summed E-state index contributed by atoms with van der Waals surface area (Å²) in [5.41, 5.74) is 2.71. The molecule has 1 unspecified atom stereocenters. The molecule has 2 aromatic carbocycles. The van der Waals surface area contributed by atoms with Crippen molar-refractivity contribution in [2.24, 2.45) is 0 Å². The van der Waals surface area contributed by atoms with Crippen LogP contribution < -0.4 is 15.4 Å². The lowest BCUT2D eigenvalue weighted by atomic mass is 10.0. The third-order valence-electron chi connectivity index (χ3n) is 7.59. The molecule has 0 spiro atoms. The average Bonchev–Trinajstić information content (AvgIpc) is 3.37. The fourth-order valence-electron chi connectivity index (χ4n) is 5.47. The van der Waals surface area contributed by atoms with Gasteiger partial charge in [0.2, 0.25) is 11.8 Å². The molecule has 2 fully saturated rings. The zero-order valence-corrected chi connectivity index (χ0v) is 21.5. The number of imide groups is 1. The van der Waals surface area contributed by atoms with Gasteiger partial charge < -0.3 is 15.0 Å². The molecule has 9 nitrogen and oxygen atoms in total. The van der Waals surface area contributed by atoms with Gasteiger partial charge in [-0.2, -0.15) is 0 Å². The molecule has 0 aliphatic carbocycles. The van der Waals surface area contributed by atoms with Gasteiger partial charge >= 0.3 is 5.97 Å². The summed E-state index contributed by atoms with van der Waals surface area (Å²) in [4.78, 5) is 53.7. The van der Waals surface area contributed by atoms with Crippen molar-refractivity contribution in [3.63, 3.8) is 0 Å². The Hall–Kier alpha value is -3.56. The molecule has 0 aromatic heterocycles. The van der Waals surface area contributed by atoms with Crippen molar-refractivity contribution in [3.8, 4) is 5.75 Å². The van der Waals surface area contributed by atoms with Gasteiger partial charge in [-0.15, -0.1) is 0 Å². The zero-order valence-electron chi connectivity index (χ0n) is 21.5. The SMILES string of the molecule is O=C1CCC(N2Cc3cccc(OC(=O)c4ccc(C(=O)NCCCN5CCCCC5)cc4)c3C2)C(=O)N1. The fourth-order valence-corrected chi connectivity index (χ4v) is 5.47. The second-order valence-corrected chi connectivity index (χ2v) is 10.2. The van der Waals surface area contributed by atoms with Gasteiger partial charge in [0.15, 0.2) is 0 Å². The number of amides is 3. The van der Waals surface area contributed by atoms with Crippen molar-refractivity contribution in [2.75, 3.05) is 26.2 Å². The summed E-state index contributed by atoms with van der Waals surface area (Å²) in [6.07, 6.45) is 5.54. The van der Waals surface area contributed by atoms with Gasteiger partial charge in [-0.25, -0.2) is 4.79 Å². The van der Waals surface area contributed by atoms with E-state index >= 15 is 0 Å². The Morgan fingerprint density at radius 3 is 2.50 bits per heavy atom. The van der Waals surface area contributed by atoms with Gasteiger partial charge in [-0.1, -0.05) is 18.6 Å². The summed E-state index contributed by atoms with van der Waals surface area (Å²) in [6.45, 7) is 4.93. The molecular formula is C29H34N4O5. The Labute approximate surface area is 222 Å². The molecule has 0 bridgehead atoms. The maximum Gasteiger partial charge on any atom is 0.343 e. The number of carbonyl (C=O) groups is 4. The molecule has 2 saturated heterocycles. The number of nitrogens with zero attached hydrogens (tertiary/aromatic N) is 2. The lowest BCUT2D eigenvalue weighted by Crippen LogP contribution is -2.50. The van der Waals surface area contributed by atoms with Crippen LogP contribution in [-0.4, -0.2) is 65.7 Å². The minimum atomic E-state index is -0.508. The van der Waals surface area contributed by atoms with E-state index in [4.69, 9.17) is 4.74 Å². The summed E-state index contributed by atoms with van der Waals surface area (Å²) in [6, 6.07) is 11.6. The fraction of sp³-hybridized carbons (Fsp3) is 0.448. The lowest BCUT2D eigenvalue weighted by Gasteiger charge is -2.29. The quantitative estimate of drug-likeness (QED) is 0.239. The summed E-state index contributed by atoms with van der Waals surface area (Å²) >= 11 is 0. The molecule has 3 aliphatic heterocycles. The van der Waals surface area contributed by atoms with Crippen LogP contribution >= 0.6 is 0 Å². The number of ether oxygens (including phenoxy) is 1. The Kier molecular flexibility index (Phi) is 8.14. The van der Waals surface area contributed by atoms with Crippen LogP contribution in [0.25, 0.3) is 0 Å². The van der Waals surface area contributed by atoms with Crippen molar-refractivity contribution in [3.05, 3.63) is 64.7 Å². The van der Waals surface area contributed by atoms with E-state index in [1.807, 2.05) is 17.0 Å². The van der Waals surface area contributed by atoms with Crippen LogP contribution in [0.1, 0.15) is 70.4 Å². The van der Waals surface area contributed by atoms with Gasteiger partial charge in [0, 0.05) is 37.2 Å². The Balaban J connectivity index is 1.14. The molecule has 2 N–H and O–H groups in total. The molecule has 9 heteroatoms. The Morgan fingerprint density at radius 1 is 0.974 bits per heavy atom. The van der Waals surface area contributed by atoms with E-state index in [0.29, 0.717) is 49.4 Å². The number of fused-ring (bicyclic) bond motifs is 1. The number of likely N-dealkylation sites (tertiary alicyclic amines) is 1. The maximum absolute atomic E-state index is 12.9. The molecule has 3 heterocycles. The van der Waals surface area contributed by atoms with Crippen LogP contribution in [0.4, 0.5) is 0 Å². The lowest BCUT2D eigenvalue weighted by molar-refractivity contribution is -0.137. The minimum absolute atomic E-state index is 0.155. The number of hydrogen-bond acceptors (Lipinski definition) is 7. The number of hydrogen-bond donors (Lipinski definition) is 2. The van der Waals surface area contributed by atoms with E-state index in [0.717, 1.165) is 37.2 Å². The van der Waals surface area contributed by atoms with Crippen LogP contribution in [0.3, 0.4) is 0 Å². The molecule has 0 saturated carbocycles. The molecule has 5 rings (SSSR count). The maximum atomic E-state index is 12.9. The predicted molar refractivity (Wildman–Crippen MR) is 141 cm³/mol. The monoisotopic (exact) mass is 518 g/mol. The predicted octanol–water partition coefficient (Wildman–Crippen LogP) is 2.63. The van der Waals surface area contributed by atoms with Gasteiger partial charge in [-0.05, 0) is 81.2 Å². The van der Waals surface area contributed by atoms with Crippen molar-refractivity contribution in [1.82, 2.24) is 20.4 Å². The second kappa shape index (κ2) is 11.9. The van der Waals surface area contributed by atoms with E-state index in [-0.39, 0.29) is 23.8 Å². The van der Waals surface area contributed by atoms with E-state index in [1.165, 1.54) is 19.3 Å². The van der Waals surface area contributed by atoms with Gasteiger partial charge in [0.25, 0.3) is 5.91 Å². The van der Waals surface area contributed by atoms with E-state index in [2.05, 4.69) is 15.5 Å². The largest absolute Gasteiger partial charge is 0.423 e. The molecule has 0 radical (unpaired) electrons. The standard InChI is InChI=1S/C29H34N4O5/c34-26-13-12-24(28(36)31-26)33-18-22-6-4-7-25(23(22)19-33)38-29(37)21-10-8-20(9-11-21)27(35)30-14-5-17-32-15-2-1-3-16-32/h4,6-11,24H,1-3,5,12-19H2,(H,30,35)(H,31,34,36). The number of nitrogens with one attached hydrogen (secondary N) is 2. The van der Waals surface area contributed by atoms with Crippen molar-refractivity contribution >= 4 is 23.7 Å². The zero-order chi connectivity index (χ0) is 26.5. The van der Waals surface area contributed by atoms with E-state index in [1.54, 1.807) is 30.3 Å². The molecule has 1 atom stereocenters. The van der Waals surface area contributed by atoms with Crippen LogP contribution in [0.15, 0.2) is 42.5 Å². The number of carbonyl (C=O) groups excluding carboxylic acids is 4. The topological polar surface area (TPSA) is 108 Å². The van der Waals surface area contributed by atoms with Gasteiger partial charge in [0.05, 0.1) is 11.6 Å². The first kappa shape index (κ1) is 26.1. The normalized spacial score (nSPS) is 20.1. The highest BCUT2D eigenvalue weighted by molar-refractivity contribution is 6.00. The molecule has 38 heavy (non-hydrogen) atoms. The third-order valence-corrected chi connectivity index (χ3v) is 7.59. The molecule has 3 aliphatic rings. The number of rotatable bonds is 8. The molecule has 2 aromatic rings. The van der Waals surface area contributed by atoms with Crippen LogP contribution in [0.2, 0.25) is 0 Å². The summed E-state index contributed by atoms with van der Waals surface area (Å²) in [7, 11) is 0. The molecule has 200 valence electrons. The highest BCUT2D eigenvalue weighted by Crippen LogP contribution is 2.33. The number of esters is 1. The van der Waals surface area contributed by atoms with Gasteiger partial charge in [-0.3, -0.25) is 24.6 Å². The van der Waals surface area contributed by atoms with E-state index < -0.39 is 5.97 Å². The highest BCUT2D eigenvalue weighted by atomic mass is 16.5. The Morgan fingerprint density at radius 2 is 1.74 bits per heavy atom. The van der Waals surface area contributed by atoms with Gasteiger partial charge in [0.1, 0.15) is 5.75 Å². The van der Waals surface area contributed by atoms with Crippen molar-refractivity contribution in [2.45, 2.75) is 57.7 Å². The number of piperidine rings is 2. The first-order valence-electron chi connectivity index (χ1n) is 13.5.